The number of hydrogen-bond acceptors (Lipinski definition) is 2. The van der Waals surface area contributed by atoms with Gasteiger partial charge < -0.3 is 10.1 Å². The van der Waals surface area contributed by atoms with E-state index in [9.17, 15) is 0 Å². The average molecular weight is 290 g/mol. The quantitative estimate of drug-likeness (QED) is 0.907. The van der Waals surface area contributed by atoms with Gasteiger partial charge in [-0.15, -0.1) is 0 Å². The first-order valence-electron chi connectivity index (χ1n) is 6.64. The summed E-state index contributed by atoms with van der Waals surface area (Å²) in [5, 5.41) is 4.01. The molecule has 1 unspecified atom stereocenters. The first-order chi connectivity index (χ1) is 9.56. The van der Waals surface area contributed by atoms with Crippen LogP contribution in [-0.4, -0.2) is 14.2 Å². The summed E-state index contributed by atoms with van der Waals surface area (Å²) in [5.74, 6) is 0.703. The van der Waals surface area contributed by atoms with Crippen molar-refractivity contribution in [3.8, 4) is 5.75 Å². The fourth-order valence-corrected chi connectivity index (χ4v) is 2.62. The van der Waals surface area contributed by atoms with E-state index in [1.807, 2.05) is 25.2 Å². The number of benzene rings is 2. The average Bonchev–Trinajstić information content (AvgIpc) is 2.45. The minimum absolute atomic E-state index is 0.126. The van der Waals surface area contributed by atoms with Gasteiger partial charge in [-0.3, -0.25) is 0 Å². The minimum Gasteiger partial charge on any atom is -0.495 e. The van der Waals surface area contributed by atoms with Gasteiger partial charge in [0.2, 0.25) is 0 Å². The van der Waals surface area contributed by atoms with E-state index in [1.165, 1.54) is 16.7 Å². The Hall–Kier alpha value is -1.51. The molecule has 0 aliphatic rings. The van der Waals surface area contributed by atoms with Crippen LogP contribution in [0.3, 0.4) is 0 Å². The van der Waals surface area contributed by atoms with Crippen molar-refractivity contribution in [3.63, 3.8) is 0 Å². The molecule has 1 N–H and O–H groups in total. The second-order valence-corrected chi connectivity index (χ2v) is 5.38. The largest absolute Gasteiger partial charge is 0.495 e. The lowest BCUT2D eigenvalue weighted by Crippen LogP contribution is -2.19. The van der Waals surface area contributed by atoms with Gasteiger partial charge >= 0.3 is 0 Å². The fourth-order valence-electron chi connectivity index (χ4n) is 2.43. The number of ether oxygens (including phenoxy) is 1. The topological polar surface area (TPSA) is 21.3 Å². The van der Waals surface area contributed by atoms with E-state index in [4.69, 9.17) is 16.3 Å². The number of aryl methyl sites for hydroxylation is 2. The molecule has 2 aromatic carbocycles. The number of rotatable bonds is 4. The van der Waals surface area contributed by atoms with Crippen LogP contribution in [0.25, 0.3) is 0 Å². The molecule has 0 spiro atoms. The minimum atomic E-state index is 0.126. The number of halogens is 1. The van der Waals surface area contributed by atoms with Crippen molar-refractivity contribution in [2.24, 2.45) is 0 Å². The van der Waals surface area contributed by atoms with Gasteiger partial charge in [0.25, 0.3) is 0 Å². The Balaban J connectivity index is 2.49. The number of hydrogen-bond donors (Lipinski definition) is 1. The normalized spacial score (nSPS) is 12.2. The second kappa shape index (κ2) is 6.29. The van der Waals surface area contributed by atoms with Gasteiger partial charge in [-0.1, -0.05) is 41.4 Å². The number of nitrogens with one attached hydrogen (secondary N) is 1. The van der Waals surface area contributed by atoms with Crippen molar-refractivity contribution >= 4 is 11.6 Å². The van der Waals surface area contributed by atoms with Crippen LogP contribution in [0.1, 0.15) is 28.3 Å². The van der Waals surface area contributed by atoms with Crippen molar-refractivity contribution in [2.45, 2.75) is 19.9 Å². The zero-order valence-corrected chi connectivity index (χ0v) is 13.1. The molecular weight excluding hydrogens is 270 g/mol. The molecule has 0 saturated heterocycles. The van der Waals surface area contributed by atoms with E-state index < -0.39 is 0 Å². The van der Waals surface area contributed by atoms with Crippen LogP contribution in [0.2, 0.25) is 5.02 Å². The van der Waals surface area contributed by atoms with Gasteiger partial charge in [-0.25, -0.2) is 0 Å². The summed E-state index contributed by atoms with van der Waals surface area (Å²) < 4.78 is 5.31. The summed E-state index contributed by atoms with van der Waals surface area (Å²) >= 11 is 6.10. The summed E-state index contributed by atoms with van der Waals surface area (Å²) in [5.41, 5.74) is 4.94. The van der Waals surface area contributed by atoms with Crippen molar-refractivity contribution < 1.29 is 4.74 Å². The highest BCUT2D eigenvalue weighted by atomic mass is 35.5. The maximum Gasteiger partial charge on any atom is 0.137 e. The molecule has 0 aliphatic carbocycles. The predicted octanol–water partition coefficient (Wildman–Crippen LogP) is 4.27. The molecule has 0 saturated carbocycles. The van der Waals surface area contributed by atoms with Crippen molar-refractivity contribution in [2.75, 3.05) is 14.2 Å². The Labute approximate surface area is 125 Å². The molecule has 2 rings (SSSR count). The fraction of sp³-hybridized carbons (Fsp3) is 0.294. The molecule has 3 heteroatoms. The van der Waals surface area contributed by atoms with Gasteiger partial charge in [-0.05, 0) is 49.7 Å². The van der Waals surface area contributed by atoms with Gasteiger partial charge in [0.05, 0.1) is 18.2 Å². The van der Waals surface area contributed by atoms with Gasteiger partial charge in [-0.2, -0.15) is 0 Å². The molecule has 0 aliphatic heterocycles. The zero-order chi connectivity index (χ0) is 14.7. The third-order valence-electron chi connectivity index (χ3n) is 3.54. The zero-order valence-electron chi connectivity index (χ0n) is 12.3. The second-order valence-electron chi connectivity index (χ2n) is 4.98. The molecule has 0 amide bonds. The Morgan fingerprint density at radius 3 is 2.50 bits per heavy atom. The first-order valence-corrected chi connectivity index (χ1v) is 7.02. The highest BCUT2D eigenvalue weighted by Gasteiger charge is 2.16. The van der Waals surface area contributed by atoms with E-state index in [0.29, 0.717) is 10.8 Å². The molecule has 1 atom stereocenters. The van der Waals surface area contributed by atoms with Gasteiger partial charge in [0, 0.05) is 0 Å². The smallest absolute Gasteiger partial charge is 0.137 e. The number of methoxy groups -OCH3 is 1. The van der Waals surface area contributed by atoms with Crippen LogP contribution >= 0.6 is 11.6 Å². The monoisotopic (exact) mass is 289 g/mol. The summed E-state index contributed by atoms with van der Waals surface area (Å²) in [6.07, 6.45) is 0. The van der Waals surface area contributed by atoms with Crippen LogP contribution in [0.5, 0.6) is 5.75 Å². The predicted molar refractivity (Wildman–Crippen MR) is 84.8 cm³/mol. The molecule has 2 nitrogen and oxygen atoms in total. The molecule has 0 bridgehead atoms. The summed E-state index contributed by atoms with van der Waals surface area (Å²) in [7, 11) is 3.60. The van der Waals surface area contributed by atoms with Crippen molar-refractivity contribution in [3.05, 3.63) is 63.7 Å². The molecule has 20 heavy (non-hydrogen) atoms. The van der Waals surface area contributed by atoms with Crippen LogP contribution in [0.4, 0.5) is 0 Å². The summed E-state index contributed by atoms with van der Waals surface area (Å²) in [4.78, 5) is 0. The Morgan fingerprint density at radius 2 is 1.85 bits per heavy atom. The Morgan fingerprint density at radius 1 is 1.10 bits per heavy atom. The lowest BCUT2D eigenvalue weighted by atomic mass is 9.93. The lowest BCUT2D eigenvalue weighted by molar-refractivity contribution is 0.414. The molecule has 0 heterocycles. The van der Waals surface area contributed by atoms with E-state index in [-0.39, 0.29) is 6.04 Å². The van der Waals surface area contributed by atoms with Crippen molar-refractivity contribution in [1.29, 1.82) is 0 Å². The van der Waals surface area contributed by atoms with Gasteiger partial charge in [0.1, 0.15) is 5.75 Å². The lowest BCUT2D eigenvalue weighted by Gasteiger charge is -2.21. The Bertz CT molecular complexity index is 610. The van der Waals surface area contributed by atoms with E-state index in [0.717, 1.165) is 5.56 Å². The summed E-state index contributed by atoms with van der Waals surface area (Å²) in [6.45, 7) is 4.24. The highest BCUT2D eigenvalue weighted by Crippen LogP contribution is 2.31. The van der Waals surface area contributed by atoms with Crippen LogP contribution < -0.4 is 10.1 Å². The third-order valence-corrected chi connectivity index (χ3v) is 3.86. The molecule has 106 valence electrons. The molecule has 0 aromatic heterocycles. The van der Waals surface area contributed by atoms with E-state index in [2.05, 4.69) is 37.4 Å². The maximum absolute atomic E-state index is 6.10. The molecule has 2 aromatic rings. The SMILES string of the molecule is CNC(c1ccc(Cl)c(OC)c1)c1cc(C)ccc1C. The van der Waals surface area contributed by atoms with Crippen LogP contribution in [0.15, 0.2) is 36.4 Å². The van der Waals surface area contributed by atoms with Crippen molar-refractivity contribution in [1.82, 2.24) is 5.32 Å². The standard InChI is InChI=1S/C17H20ClNO/c1-11-5-6-12(2)14(9-11)17(19-3)13-7-8-15(18)16(10-13)20-4/h5-10,17,19H,1-4H3. The molecular formula is C17H20ClNO. The van der Waals surface area contributed by atoms with E-state index >= 15 is 0 Å². The van der Waals surface area contributed by atoms with E-state index in [1.54, 1.807) is 7.11 Å². The first kappa shape index (κ1) is 14.9. The van der Waals surface area contributed by atoms with Crippen LogP contribution in [-0.2, 0) is 0 Å². The van der Waals surface area contributed by atoms with Gasteiger partial charge in [0.15, 0.2) is 0 Å². The third kappa shape index (κ3) is 2.97. The molecule has 0 radical (unpaired) electrons. The summed E-state index contributed by atoms with van der Waals surface area (Å²) in [6, 6.07) is 12.5. The molecule has 0 fully saturated rings. The Kier molecular flexibility index (Phi) is 4.69. The highest BCUT2D eigenvalue weighted by molar-refractivity contribution is 6.32. The van der Waals surface area contributed by atoms with Crippen LogP contribution in [0, 0.1) is 13.8 Å². The maximum atomic E-state index is 6.10.